The maximum atomic E-state index is 13.8. The average molecular weight is 299 g/mol. The molecule has 0 aromatic heterocycles. The van der Waals surface area contributed by atoms with Crippen molar-refractivity contribution in [3.63, 3.8) is 0 Å². The van der Waals surface area contributed by atoms with Crippen molar-refractivity contribution in [1.29, 1.82) is 0 Å². The van der Waals surface area contributed by atoms with Gasteiger partial charge in [-0.25, -0.2) is 8.78 Å². The van der Waals surface area contributed by atoms with E-state index in [0.29, 0.717) is 5.75 Å². The Morgan fingerprint density at radius 1 is 1.25 bits per heavy atom. The lowest BCUT2D eigenvalue weighted by Gasteiger charge is -2.15. The van der Waals surface area contributed by atoms with E-state index < -0.39 is 17.7 Å². The van der Waals surface area contributed by atoms with Gasteiger partial charge < -0.3 is 9.84 Å². The molecule has 20 heavy (non-hydrogen) atoms. The minimum Gasteiger partial charge on any atom is -0.496 e. The first kappa shape index (κ1) is 14.8. The third-order valence-corrected chi connectivity index (χ3v) is 3.29. The van der Waals surface area contributed by atoms with Gasteiger partial charge in [-0.2, -0.15) is 0 Å². The lowest BCUT2D eigenvalue weighted by atomic mass is 10.00. The lowest BCUT2D eigenvalue weighted by molar-refractivity contribution is 0.172. The molecule has 2 aromatic rings. The molecule has 1 atom stereocenters. The first-order chi connectivity index (χ1) is 9.52. The quantitative estimate of drug-likeness (QED) is 0.927. The molecule has 0 spiro atoms. The summed E-state index contributed by atoms with van der Waals surface area (Å²) in [6.07, 6.45) is -1.11. The van der Waals surface area contributed by atoms with Gasteiger partial charge in [0.15, 0.2) is 0 Å². The van der Waals surface area contributed by atoms with Gasteiger partial charge in [0.25, 0.3) is 0 Å². The van der Waals surface area contributed by atoms with E-state index in [1.165, 1.54) is 37.4 Å². The topological polar surface area (TPSA) is 29.5 Å². The molecule has 106 valence electrons. The highest BCUT2D eigenvalue weighted by atomic mass is 35.5. The summed E-state index contributed by atoms with van der Waals surface area (Å²) in [4.78, 5) is 0. The van der Waals surface area contributed by atoms with Crippen molar-refractivity contribution in [2.45, 2.75) is 12.5 Å². The maximum absolute atomic E-state index is 13.8. The van der Waals surface area contributed by atoms with E-state index in [1.54, 1.807) is 6.07 Å². The standard InChI is InChI=1S/C15H13ClF2O2/c1-20-14-6-5-10(17)8-11(14)13(19)7-9-3-2-4-12(16)15(9)18/h2-6,8,13,19H,7H2,1H3. The molecule has 1 unspecified atom stereocenters. The van der Waals surface area contributed by atoms with Crippen molar-refractivity contribution in [2.24, 2.45) is 0 Å². The molecule has 2 aromatic carbocycles. The second-order valence-corrected chi connectivity index (χ2v) is 4.73. The van der Waals surface area contributed by atoms with Crippen LogP contribution in [0, 0.1) is 11.6 Å². The molecule has 0 heterocycles. The summed E-state index contributed by atoms with van der Waals surface area (Å²) < 4.78 is 32.1. The van der Waals surface area contributed by atoms with Crippen LogP contribution in [0.4, 0.5) is 8.78 Å². The first-order valence-corrected chi connectivity index (χ1v) is 6.35. The normalized spacial score (nSPS) is 12.2. The molecule has 0 bridgehead atoms. The molecule has 0 saturated carbocycles. The number of hydrogen-bond acceptors (Lipinski definition) is 2. The highest BCUT2D eigenvalue weighted by Crippen LogP contribution is 2.30. The van der Waals surface area contributed by atoms with Gasteiger partial charge in [0.05, 0.1) is 18.2 Å². The number of methoxy groups -OCH3 is 1. The number of ether oxygens (including phenoxy) is 1. The lowest BCUT2D eigenvalue weighted by Crippen LogP contribution is -2.06. The highest BCUT2D eigenvalue weighted by Gasteiger charge is 2.17. The first-order valence-electron chi connectivity index (χ1n) is 5.97. The Morgan fingerprint density at radius 3 is 2.70 bits per heavy atom. The van der Waals surface area contributed by atoms with Gasteiger partial charge in [0.2, 0.25) is 0 Å². The molecule has 5 heteroatoms. The number of hydrogen-bond donors (Lipinski definition) is 1. The molecule has 2 nitrogen and oxygen atoms in total. The van der Waals surface area contributed by atoms with Crippen LogP contribution in [0.15, 0.2) is 36.4 Å². The summed E-state index contributed by atoms with van der Waals surface area (Å²) in [6, 6.07) is 8.37. The Balaban J connectivity index is 2.30. The smallest absolute Gasteiger partial charge is 0.145 e. The Labute approximate surface area is 120 Å². The molecular formula is C15H13ClF2O2. The van der Waals surface area contributed by atoms with Crippen molar-refractivity contribution in [3.05, 3.63) is 64.2 Å². The van der Waals surface area contributed by atoms with Gasteiger partial charge in [-0.1, -0.05) is 23.7 Å². The van der Waals surface area contributed by atoms with E-state index in [2.05, 4.69) is 0 Å². The maximum Gasteiger partial charge on any atom is 0.145 e. The largest absolute Gasteiger partial charge is 0.496 e. The van der Waals surface area contributed by atoms with Gasteiger partial charge in [0.1, 0.15) is 17.4 Å². The van der Waals surface area contributed by atoms with Crippen LogP contribution in [-0.4, -0.2) is 12.2 Å². The fraction of sp³-hybridized carbons (Fsp3) is 0.200. The van der Waals surface area contributed by atoms with Crippen molar-refractivity contribution in [2.75, 3.05) is 7.11 Å². The number of halogens is 3. The minimum atomic E-state index is -1.09. The molecule has 0 aliphatic heterocycles. The monoisotopic (exact) mass is 298 g/mol. The van der Waals surface area contributed by atoms with Crippen molar-refractivity contribution in [1.82, 2.24) is 0 Å². The average Bonchev–Trinajstić information content (AvgIpc) is 2.43. The third-order valence-electron chi connectivity index (χ3n) is 3.00. The van der Waals surface area contributed by atoms with Gasteiger partial charge in [0, 0.05) is 12.0 Å². The van der Waals surface area contributed by atoms with Crippen LogP contribution in [0.1, 0.15) is 17.2 Å². The van der Waals surface area contributed by atoms with Crippen molar-refractivity contribution >= 4 is 11.6 Å². The molecule has 2 rings (SSSR count). The van der Waals surface area contributed by atoms with Gasteiger partial charge in [-0.15, -0.1) is 0 Å². The number of benzene rings is 2. The van der Waals surface area contributed by atoms with Crippen molar-refractivity contribution < 1.29 is 18.6 Å². The molecular weight excluding hydrogens is 286 g/mol. The molecule has 0 fully saturated rings. The summed E-state index contributed by atoms with van der Waals surface area (Å²) in [6.45, 7) is 0. The fourth-order valence-electron chi connectivity index (χ4n) is 1.99. The summed E-state index contributed by atoms with van der Waals surface area (Å²) in [5.41, 5.74) is 0.531. The second-order valence-electron chi connectivity index (χ2n) is 4.32. The number of rotatable bonds is 4. The second kappa shape index (κ2) is 6.20. The van der Waals surface area contributed by atoms with Crippen LogP contribution in [0.25, 0.3) is 0 Å². The third kappa shape index (κ3) is 3.08. The van der Waals surface area contributed by atoms with Gasteiger partial charge in [-0.05, 0) is 29.8 Å². The predicted octanol–water partition coefficient (Wildman–Crippen LogP) is 3.90. The molecule has 0 aliphatic rings. The molecule has 0 radical (unpaired) electrons. The van der Waals surface area contributed by atoms with E-state index in [-0.39, 0.29) is 22.6 Å². The zero-order valence-corrected chi connectivity index (χ0v) is 11.5. The van der Waals surface area contributed by atoms with Gasteiger partial charge in [-0.3, -0.25) is 0 Å². The summed E-state index contributed by atoms with van der Waals surface area (Å²) in [5.74, 6) is -0.726. The Hall–Kier alpha value is -1.65. The van der Waals surface area contributed by atoms with E-state index >= 15 is 0 Å². The fourth-order valence-corrected chi connectivity index (χ4v) is 2.18. The van der Waals surface area contributed by atoms with E-state index in [1.807, 2.05) is 0 Å². The molecule has 0 saturated heterocycles. The zero-order valence-electron chi connectivity index (χ0n) is 10.7. The van der Waals surface area contributed by atoms with E-state index in [4.69, 9.17) is 16.3 Å². The summed E-state index contributed by atoms with van der Waals surface area (Å²) >= 11 is 5.69. The van der Waals surface area contributed by atoms with Crippen LogP contribution in [0.2, 0.25) is 5.02 Å². The SMILES string of the molecule is COc1ccc(F)cc1C(O)Cc1cccc(Cl)c1F. The molecule has 0 aliphatic carbocycles. The Morgan fingerprint density at radius 2 is 2.00 bits per heavy atom. The zero-order chi connectivity index (χ0) is 14.7. The van der Waals surface area contributed by atoms with Crippen LogP contribution in [0.3, 0.4) is 0 Å². The van der Waals surface area contributed by atoms with Crippen molar-refractivity contribution in [3.8, 4) is 5.75 Å². The molecule has 1 N–H and O–H groups in total. The Kier molecular flexibility index (Phi) is 4.57. The van der Waals surface area contributed by atoms with E-state index in [9.17, 15) is 13.9 Å². The van der Waals surface area contributed by atoms with Crippen LogP contribution >= 0.6 is 11.6 Å². The van der Waals surface area contributed by atoms with Crippen LogP contribution in [-0.2, 0) is 6.42 Å². The summed E-state index contributed by atoms with van der Waals surface area (Å²) in [5, 5.41) is 10.2. The van der Waals surface area contributed by atoms with Gasteiger partial charge >= 0.3 is 0 Å². The number of aliphatic hydroxyl groups is 1. The minimum absolute atomic E-state index is 0.0130. The van der Waals surface area contributed by atoms with Crippen LogP contribution in [0.5, 0.6) is 5.75 Å². The summed E-state index contributed by atoms with van der Waals surface area (Å²) in [7, 11) is 1.42. The molecule has 0 amide bonds. The van der Waals surface area contributed by atoms with Crippen LogP contribution < -0.4 is 4.74 Å². The predicted molar refractivity (Wildman–Crippen MR) is 73.0 cm³/mol. The van der Waals surface area contributed by atoms with E-state index in [0.717, 1.165) is 0 Å². The number of aliphatic hydroxyl groups excluding tert-OH is 1. The highest BCUT2D eigenvalue weighted by molar-refractivity contribution is 6.30. The Bertz CT molecular complexity index is 617.